The number of nitrogens with zero attached hydrogens (tertiary/aromatic N) is 2. The van der Waals surface area contributed by atoms with Crippen molar-refractivity contribution in [3.8, 4) is 0 Å². The molecule has 18 heavy (non-hydrogen) atoms. The molecule has 1 aromatic heterocycles. The summed E-state index contributed by atoms with van der Waals surface area (Å²) in [5.74, 6) is -1.27. The lowest BCUT2D eigenvalue weighted by Crippen LogP contribution is -2.39. The van der Waals surface area contributed by atoms with Gasteiger partial charge in [0.25, 0.3) is 0 Å². The molecule has 1 fully saturated rings. The largest absolute Gasteiger partial charge is 0.480 e. The predicted octanol–water partition coefficient (Wildman–Crippen LogP) is 0.947. The molecule has 0 bridgehead atoms. The van der Waals surface area contributed by atoms with Gasteiger partial charge in [0.05, 0.1) is 0 Å². The molecule has 0 spiro atoms. The minimum Gasteiger partial charge on any atom is -0.480 e. The number of carbonyl (C=O) groups is 2. The highest BCUT2D eigenvalue weighted by Gasteiger charge is 2.58. The number of amides is 1. The van der Waals surface area contributed by atoms with Crippen LogP contribution in [0.2, 0.25) is 0 Å². The fraction of sp³-hybridized carbons (Fsp3) is 0.462. The molecule has 1 N–H and O–H groups in total. The van der Waals surface area contributed by atoms with Gasteiger partial charge in [-0.15, -0.1) is 0 Å². The molecule has 1 saturated carbocycles. The highest BCUT2D eigenvalue weighted by atomic mass is 16.4. The highest BCUT2D eigenvalue weighted by molar-refractivity contribution is 6.04. The topological polar surface area (TPSA) is 70.5 Å². The predicted molar refractivity (Wildman–Crippen MR) is 64.9 cm³/mol. The molecule has 5 heteroatoms. The number of rotatable bonds is 5. The van der Waals surface area contributed by atoms with E-state index in [1.165, 1.54) is 4.90 Å². The Labute approximate surface area is 105 Å². The molecule has 5 nitrogen and oxygen atoms in total. The maximum Gasteiger partial charge on any atom is 0.319 e. The van der Waals surface area contributed by atoms with Crippen molar-refractivity contribution in [2.24, 2.45) is 5.41 Å². The smallest absolute Gasteiger partial charge is 0.319 e. The summed E-state index contributed by atoms with van der Waals surface area (Å²) < 4.78 is 0. The molecule has 96 valence electrons. The zero-order valence-corrected chi connectivity index (χ0v) is 10.3. The van der Waals surface area contributed by atoms with E-state index in [1.54, 1.807) is 19.4 Å². The summed E-state index contributed by atoms with van der Waals surface area (Å²) in [7, 11) is 1.66. The maximum absolute atomic E-state index is 12.0. The molecule has 0 radical (unpaired) electrons. The van der Waals surface area contributed by atoms with E-state index < -0.39 is 11.4 Å². The molecular weight excluding hydrogens is 232 g/mol. The molecule has 0 aliphatic heterocycles. The van der Waals surface area contributed by atoms with Gasteiger partial charge in [0.1, 0.15) is 5.41 Å². The highest BCUT2D eigenvalue weighted by Crippen LogP contribution is 2.47. The van der Waals surface area contributed by atoms with Crippen molar-refractivity contribution in [2.75, 3.05) is 13.6 Å². The molecule has 0 unspecified atom stereocenters. The third-order valence-electron chi connectivity index (χ3n) is 3.40. The fourth-order valence-electron chi connectivity index (χ4n) is 1.96. The summed E-state index contributed by atoms with van der Waals surface area (Å²) in [5, 5.41) is 9.05. The van der Waals surface area contributed by atoms with Crippen LogP contribution >= 0.6 is 0 Å². The van der Waals surface area contributed by atoms with E-state index in [1.807, 2.05) is 12.1 Å². The SMILES string of the molecule is CN(CCc1ccncc1)C(=O)C1(C(=O)O)CC1. The molecule has 1 heterocycles. The van der Waals surface area contributed by atoms with E-state index in [0.717, 1.165) is 5.56 Å². The van der Waals surface area contributed by atoms with E-state index in [-0.39, 0.29) is 5.91 Å². The average Bonchev–Trinajstić information content (AvgIpc) is 3.17. The number of likely N-dealkylation sites (N-methyl/N-ethyl adjacent to an activating group) is 1. The molecule has 0 aromatic carbocycles. The Morgan fingerprint density at radius 3 is 2.50 bits per heavy atom. The molecule has 1 amide bonds. The van der Waals surface area contributed by atoms with Gasteiger partial charge in [0.2, 0.25) is 5.91 Å². The normalized spacial score (nSPS) is 16.1. The third kappa shape index (κ3) is 2.34. The maximum atomic E-state index is 12.0. The van der Waals surface area contributed by atoms with Crippen molar-refractivity contribution in [2.45, 2.75) is 19.3 Å². The van der Waals surface area contributed by atoms with Crippen molar-refractivity contribution < 1.29 is 14.7 Å². The summed E-state index contributed by atoms with van der Waals surface area (Å²) in [5.41, 5.74) is -0.0442. The molecule has 2 rings (SSSR count). The van der Waals surface area contributed by atoms with Crippen LogP contribution in [-0.4, -0.2) is 40.5 Å². The minimum absolute atomic E-state index is 0.274. The number of aliphatic carboxylic acids is 1. The van der Waals surface area contributed by atoms with Gasteiger partial charge in [-0.2, -0.15) is 0 Å². The van der Waals surface area contributed by atoms with Gasteiger partial charge in [-0.3, -0.25) is 14.6 Å². The van der Waals surface area contributed by atoms with E-state index in [4.69, 9.17) is 5.11 Å². The van der Waals surface area contributed by atoms with E-state index >= 15 is 0 Å². The Morgan fingerprint density at radius 2 is 2.00 bits per heavy atom. The molecule has 1 aliphatic rings. The number of pyridine rings is 1. The summed E-state index contributed by atoms with van der Waals surface area (Å²) >= 11 is 0. The van der Waals surface area contributed by atoms with Crippen molar-refractivity contribution in [1.82, 2.24) is 9.88 Å². The van der Waals surface area contributed by atoms with Crippen molar-refractivity contribution in [3.63, 3.8) is 0 Å². The van der Waals surface area contributed by atoms with Crippen LogP contribution in [0.15, 0.2) is 24.5 Å². The molecular formula is C13H16N2O3. The lowest BCUT2D eigenvalue weighted by molar-refractivity contribution is -0.152. The molecule has 1 aliphatic carbocycles. The van der Waals surface area contributed by atoms with Gasteiger partial charge in [0.15, 0.2) is 0 Å². The van der Waals surface area contributed by atoms with E-state index in [2.05, 4.69) is 4.98 Å². The van der Waals surface area contributed by atoms with Gasteiger partial charge in [-0.25, -0.2) is 0 Å². The number of aromatic nitrogens is 1. The Balaban J connectivity index is 1.91. The first-order valence-electron chi connectivity index (χ1n) is 5.94. The van der Waals surface area contributed by atoms with Crippen molar-refractivity contribution >= 4 is 11.9 Å². The van der Waals surface area contributed by atoms with Gasteiger partial charge in [-0.1, -0.05) is 0 Å². The second-order valence-corrected chi connectivity index (χ2v) is 4.72. The second kappa shape index (κ2) is 4.76. The number of carbonyl (C=O) groups excluding carboxylic acids is 1. The molecule has 0 saturated heterocycles. The zero-order chi connectivity index (χ0) is 13.2. The van der Waals surface area contributed by atoms with Crippen LogP contribution in [-0.2, 0) is 16.0 Å². The average molecular weight is 248 g/mol. The summed E-state index contributed by atoms with van der Waals surface area (Å²) in [6.45, 7) is 0.526. The second-order valence-electron chi connectivity index (χ2n) is 4.72. The van der Waals surface area contributed by atoms with Crippen molar-refractivity contribution in [3.05, 3.63) is 30.1 Å². The Kier molecular flexibility index (Phi) is 3.32. The fourth-order valence-corrected chi connectivity index (χ4v) is 1.96. The molecule has 1 aromatic rings. The van der Waals surface area contributed by atoms with Crippen molar-refractivity contribution in [1.29, 1.82) is 0 Å². The van der Waals surface area contributed by atoms with E-state index in [0.29, 0.717) is 25.8 Å². The number of carboxylic acids is 1. The van der Waals surface area contributed by atoms with Crippen LogP contribution in [0.1, 0.15) is 18.4 Å². The first-order valence-corrected chi connectivity index (χ1v) is 5.94. The summed E-state index contributed by atoms with van der Waals surface area (Å²) in [4.78, 5) is 28.5. The Hall–Kier alpha value is -1.91. The lowest BCUT2D eigenvalue weighted by atomic mass is 10.1. The zero-order valence-electron chi connectivity index (χ0n) is 10.3. The minimum atomic E-state index is -1.13. The lowest BCUT2D eigenvalue weighted by Gasteiger charge is -2.21. The van der Waals surface area contributed by atoms with Crippen LogP contribution in [0.3, 0.4) is 0 Å². The Morgan fingerprint density at radius 1 is 1.39 bits per heavy atom. The third-order valence-corrected chi connectivity index (χ3v) is 3.40. The standard InChI is InChI=1S/C13H16N2O3/c1-15(9-4-10-2-7-14-8-3-10)11(16)13(5-6-13)12(17)18/h2-3,7-8H,4-6,9H2,1H3,(H,17,18). The van der Waals surface area contributed by atoms with Gasteiger partial charge < -0.3 is 10.0 Å². The quantitative estimate of drug-likeness (QED) is 0.787. The summed E-state index contributed by atoms with van der Waals surface area (Å²) in [6.07, 6.45) is 5.04. The van der Waals surface area contributed by atoms with Crippen LogP contribution in [0.25, 0.3) is 0 Å². The van der Waals surface area contributed by atoms with Crippen LogP contribution in [0, 0.1) is 5.41 Å². The van der Waals surface area contributed by atoms with Crippen LogP contribution in [0.5, 0.6) is 0 Å². The summed E-state index contributed by atoms with van der Waals surface area (Å²) in [6, 6.07) is 3.78. The number of hydrogen-bond acceptors (Lipinski definition) is 3. The van der Waals surface area contributed by atoms with Gasteiger partial charge in [0, 0.05) is 26.0 Å². The molecule has 0 atom stereocenters. The monoisotopic (exact) mass is 248 g/mol. The van der Waals surface area contributed by atoms with Crippen LogP contribution < -0.4 is 0 Å². The first-order chi connectivity index (χ1) is 8.56. The number of hydrogen-bond donors (Lipinski definition) is 1. The van der Waals surface area contributed by atoms with E-state index in [9.17, 15) is 9.59 Å². The first kappa shape index (κ1) is 12.5. The van der Waals surface area contributed by atoms with Gasteiger partial charge >= 0.3 is 5.97 Å². The van der Waals surface area contributed by atoms with Crippen LogP contribution in [0.4, 0.5) is 0 Å². The van der Waals surface area contributed by atoms with Gasteiger partial charge in [-0.05, 0) is 37.0 Å². The Bertz CT molecular complexity index is 455. The number of carboxylic acid groups (broad SMARTS) is 1.